The topological polar surface area (TPSA) is 6.48 Å². The summed E-state index contributed by atoms with van der Waals surface area (Å²) in [4.78, 5) is 5.50. The van der Waals surface area contributed by atoms with Crippen LogP contribution in [0.3, 0.4) is 0 Å². The first-order chi connectivity index (χ1) is 28.3. The second-order valence-electron chi connectivity index (χ2n) is 19.2. The molecule has 0 bridgehead atoms. The van der Waals surface area contributed by atoms with Crippen LogP contribution in [0.4, 0.5) is 0 Å². The summed E-state index contributed by atoms with van der Waals surface area (Å²) in [5.41, 5.74) is 0. The van der Waals surface area contributed by atoms with Gasteiger partial charge in [-0.05, 0) is 25.7 Å². The van der Waals surface area contributed by atoms with E-state index in [1.165, 1.54) is 315 Å². The van der Waals surface area contributed by atoms with Crippen molar-refractivity contribution in [3.05, 3.63) is 12.4 Å². The van der Waals surface area contributed by atoms with Gasteiger partial charge in [0.25, 0.3) is 0 Å². The Kier molecular flexibility index (Phi) is 44.3. The third-order valence-corrected chi connectivity index (χ3v) is 13.6. The second-order valence-corrected chi connectivity index (χ2v) is 19.2. The normalized spacial score (nSPS) is 14.2. The summed E-state index contributed by atoms with van der Waals surface area (Å²) in [6, 6.07) is 0. The van der Waals surface area contributed by atoms with Crippen molar-refractivity contribution in [1.82, 2.24) is 9.80 Å². The molecule has 0 saturated carbocycles. The highest BCUT2D eigenvalue weighted by molar-refractivity contribution is 4.97. The molecule has 0 aromatic carbocycles. The molecular formula is C55H110N2. The van der Waals surface area contributed by atoms with Gasteiger partial charge in [0.2, 0.25) is 0 Å². The minimum Gasteiger partial charge on any atom is -0.356 e. The van der Waals surface area contributed by atoms with E-state index < -0.39 is 0 Å². The molecule has 340 valence electrons. The predicted molar refractivity (Wildman–Crippen MR) is 260 cm³/mol. The van der Waals surface area contributed by atoms with Gasteiger partial charge in [-0.15, -0.1) is 0 Å². The molecule has 0 aromatic rings. The van der Waals surface area contributed by atoms with Crippen molar-refractivity contribution in [2.24, 2.45) is 0 Å². The molecule has 0 aliphatic carbocycles. The first-order valence-electron chi connectivity index (χ1n) is 27.5. The zero-order chi connectivity index (χ0) is 40.8. The molecule has 0 N–H and O–H groups in total. The lowest BCUT2D eigenvalue weighted by Crippen LogP contribution is -2.39. The van der Waals surface area contributed by atoms with Gasteiger partial charge in [-0.2, -0.15) is 0 Å². The van der Waals surface area contributed by atoms with Crippen LogP contribution in [0.2, 0.25) is 0 Å². The van der Waals surface area contributed by atoms with E-state index in [9.17, 15) is 0 Å². The molecular weight excluding hydrogens is 689 g/mol. The summed E-state index contributed by atoms with van der Waals surface area (Å²) in [5.74, 6) is 0. The van der Waals surface area contributed by atoms with E-state index in [-0.39, 0.29) is 0 Å². The van der Waals surface area contributed by atoms with Gasteiger partial charge in [0.15, 0.2) is 0 Å². The van der Waals surface area contributed by atoms with Crippen LogP contribution in [0, 0.1) is 0 Å². The zero-order valence-electron chi connectivity index (χ0n) is 40.3. The maximum Gasteiger partial charge on any atom is 0.101 e. The molecule has 1 aliphatic heterocycles. The quantitative estimate of drug-likeness (QED) is 0.0566. The van der Waals surface area contributed by atoms with Crippen LogP contribution in [-0.4, -0.2) is 29.1 Å². The van der Waals surface area contributed by atoms with Gasteiger partial charge >= 0.3 is 0 Å². The van der Waals surface area contributed by atoms with Crippen molar-refractivity contribution in [1.29, 1.82) is 0 Å². The molecule has 1 rings (SSSR count). The fraction of sp³-hybridized carbons (Fsp3) is 0.964. The highest BCUT2D eigenvalue weighted by Crippen LogP contribution is 2.24. The van der Waals surface area contributed by atoms with Crippen LogP contribution in [0.1, 0.15) is 323 Å². The molecule has 2 heteroatoms. The van der Waals surface area contributed by atoms with Crippen LogP contribution in [-0.2, 0) is 0 Å². The molecule has 0 saturated heterocycles. The molecule has 2 nitrogen and oxygen atoms in total. The molecule has 1 atom stereocenters. The first kappa shape index (κ1) is 54.4. The summed E-state index contributed by atoms with van der Waals surface area (Å²) in [6.07, 6.45) is 73.8. The van der Waals surface area contributed by atoms with Crippen LogP contribution in [0.25, 0.3) is 0 Å². The van der Waals surface area contributed by atoms with E-state index in [4.69, 9.17) is 0 Å². The molecule has 0 fully saturated rings. The Morgan fingerprint density at radius 1 is 0.228 bits per heavy atom. The molecule has 57 heavy (non-hydrogen) atoms. The minimum atomic E-state index is 0.634. The number of unbranched alkanes of at least 4 members (excludes halogenated alkanes) is 43. The summed E-state index contributed by atoms with van der Waals surface area (Å²) in [5, 5.41) is 0. The Morgan fingerprint density at radius 3 is 0.614 bits per heavy atom. The maximum atomic E-state index is 2.75. The van der Waals surface area contributed by atoms with Crippen molar-refractivity contribution in [3.63, 3.8) is 0 Å². The van der Waals surface area contributed by atoms with Gasteiger partial charge in [0.1, 0.15) is 6.17 Å². The van der Waals surface area contributed by atoms with E-state index in [0.29, 0.717) is 6.17 Å². The zero-order valence-corrected chi connectivity index (χ0v) is 40.3. The first-order valence-corrected chi connectivity index (χ1v) is 27.5. The van der Waals surface area contributed by atoms with Gasteiger partial charge < -0.3 is 9.80 Å². The van der Waals surface area contributed by atoms with E-state index in [0.717, 1.165) is 0 Å². The lowest BCUT2D eigenvalue weighted by atomic mass is 10.0. The molecule has 0 spiro atoms. The summed E-state index contributed by atoms with van der Waals surface area (Å²) < 4.78 is 0. The monoisotopic (exact) mass is 799 g/mol. The van der Waals surface area contributed by atoms with Crippen molar-refractivity contribution < 1.29 is 0 Å². The maximum absolute atomic E-state index is 2.75. The van der Waals surface area contributed by atoms with Crippen molar-refractivity contribution in [2.45, 2.75) is 329 Å². The average molecular weight is 799 g/mol. The van der Waals surface area contributed by atoms with Gasteiger partial charge in [-0.25, -0.2) is 0 Å². The van der Waals surface area contributed by atoms with Crippen molar-refractivity contribution in [3.8, 4) is 0 Å². The average Bonchev–Trinajstić information content (AvgIpc) is 3.61. The van der Waals surface area contributed by atoms with Gasteiger partial charge in [0, 0.05) is 25.5 Å². The Balaban J connectivity index is 2.18. The Hall–Kier alpha value is -0.660. The van der Waals surface area contributed by atoms with Crippen LogP contribution in [0.5, 0.6) is 0 Å². The minimum absolute atomic E-state index is 0.634. The third-order valence-electron chi connectivity index (χ3n) is 13.6. The fourth-order valence-corrected chi connectivity index (χ4v) is 9.55. The van der Waals surface area contributed by atoms with Gasteiger partial charge in [-0.3, -0.25) is 0 Å². The molecule has 1 unspecified atom stereocenters. The van der Waals surface area contributed by atoms with Gasteiger partial charge in [-0.1, -0.05) is 297 Å². The SMILES string of the molecule is CCCCCCCCCCCCCCCCCCCN1C=CN(CCCCCCCCCCCCCCC)C1CCCCCCCCCCCCCCCCCC. The molecule has 1 aliphatic rings. The van der Waals surface area contributed by atoms with Crippen LogP contribution in [0.15, 0.2) is 12.4 Å². The van der Waals surface area contributed by atoms with E-state index >= 15 is 0 Å². The molecule has 0 aromatic heterocycles. The lowest BCUT2D eigenvalue weighted by molar-refractivity contribution is 0.135. The van der Waals surface area contributed by atoms with E-state index in [1.807, 2.05) is 0 Å². The Morgan fingerprint density at radius 2 is 0.404 bits per heavy atom. The van der Waals surface area contributed by atoms with Crippen molar-refractivity contribution in [2.75, 3.05) is 13.1 Å². The van der Waals surface area contributed by atoms with Crippen LogP contribution >= 0.6 is 0 Å². The standard InChI is InChI=1S/C55H110N2/c1-4-7-10-13-16-19-22-25-27-29-31-34-37-40-43-46-49-52-57-54-53-56(51-48-45-42-39-36-33-24-21-18-15-12-9-6-3)55(57)50-47-44-41-38-35-32-30-28-26-23-20-17-14-11-8-5-2/h53-55H,4-52H2,1-3H3. The Labute approximate surface area is 362 Å². The molecule has 0 radical (unpaired) electrons. The number of nitrogens with zero attached hydrogens (tertiary/aromatic N) is 2. The smallest absolute Gasteiger partial charge is 0.101 e. The largest absolute Gasteiger partial charge is 0.356 e. The highest BCUT2D eigenvalue weighted by atomic mass is 15.4. The number of hydrogen-bond acceptors (Lipinski definition) is 2. The summed E-state index contributed by atoms with van der Waals surface area (Å²) in [7, 11) is 0. The fourth-order valence-electron chi connectivity index (χ4n) is 9.55. The predicted octanol–water partition coefficient (Wildman–Crippen LogP) is 19.8. The molecule has 1 heterocycles. The summed E-state index contributed by atoms with van der Waals surface area (Å²) in [6.45, 7) is 9.50. The highest BCUT2D eigenvalue weighted by Gasteiger charge is 2.25. The summed E-state index contributed by atoms with van der Waals surface area (Å²) >= 11 is 0. The van der Waals surface area contributed by atoms with Gasteiger partial charge in [0.05, 0.1) is 0 Å². The van der Waals surface area contributed by atoms with Crippen LogP contribution < -0.4 is 0 Å². The third kappa shape index (κ3) is 38.0. The molecule has 0 amide bonds. The second kappa shape index (κ2) is 46.4. The number of rotatable bonds is 49. The van der Waals surface area contributed by atoms with E-state index in [1.54, 1.807) is 0 Å². The van der Waals surface area contributed by atoms with E-state index in [2.05, 4.69) is 43.0 Å². The number of hydrogen-bond donors (Lipinski definition) is 0. The lowest BCUT2D eigenvalue weighted by Gasteiger charge is -2.33. The van der Waals surface area contributed by atoms with Crippen molar-refractivity contribution >= 4 is 0 Å². The Bertz CT molecular complexity index is 762.